The molecule has 9 nitrogen and oxygen atoms in total. The third-order valence-electron chi connectivity index (χ3n) is 3.77. The number of halogens is 1. The van der Waals surface area contributed by atoms with Gasteiger partial charge in [0.2, 0.25) is 5.91 Å². The number of benzene rings is 1. The van der Waals surface area contributed by atoms with Gasteiger partial charge in [0.05, 0.1) is 6.54 Å². The first-order chi connectivity index (χ1) is 13.7. The quantitative estimate of drug-likeness (QED) is 0.383. The summed E-state index contributed by atoms with van der Waals surface area (Å²) < 4.78 is 5.15. The van der Waals surface area contributed by atoms with Gasteiger partial charge in [0.1, 0.15) is 18.5 Å². The molecule has 1 aromatic carbocycles. The summed E-state index contributed by atoms with van der Waals surface area (Å²) in [6.07, 6.45) is -0.600. The Bertz CT molecular complexity index is 699. The molecule has 0 spiro atoms. The zero-order valence-electron chi connectivity index (χ0n) is 16.5. The fraction of sp³-hybridized carbons (Fsp3) is 0.474. The minimum Gasteiger partial charge on any atom is -0.445 e. The molecule has 10 heteroatoms. The van der Waals surface area contributed by atoms with Crippen LogP contribution >= 0.6 is 11.6 Å². The molecule has 29 heavy (non-hydrogen) atoms. The zero-order chi connectivity index (χ0) is 21.8. The van der Waals surface area contributed by atoms with Crippen LogP contribution in [-0.2, 0) is 25.7 Å². The first-order valence-electron chi connectivity index (χ1n) is 9.15. The fourth-order valence-electron chi connectivity index (χ4n) is 2.36. The Kier molecular flexibility index (Phi) is 10.5. The number of carbonyl (C=O) groups is 4. The average molecular weight is 427 g/mol. The van der Waals surface area contributed by atoms with Crippen LogP contribution in [0.4, 0.5) is 4.79 Å². The number of hydrogen-bond acceptors (Lipinski definition) is 5. The number of ether oxygens (including phenoxy) is 1. The molecule has 0 aliphatic heterocycles. The Morgan fingerprint density at radius 3 is 2.38 bits per heavy atom. The van der Waals surface area contributed by atoms with E-state index in [0.717, 1.165) is 10.6 Å². The predicted molar refractivity (Wildman–Crippen MR) is 107 cm³/mol. The lowest BCUT2D eigenvalue weighted by atomic mass is 10.0. The second-order valence-corrected chi connectivity index (χ2v) is 7.03. The van der Waals surface area contributed by atoms with Crippen LogP contribution in [0.5, 0.6) is 0 Å². The van der Waals surface area contributed by atoms with Crippen LogP contribution in [0.2, 0.25) is 0 Å². The van der Waals surface area contributed by atoms with Gasteiger partial charge in [-0.3, -0.25) is 24.8 Å². The van der Waals surface area contributed by atoms with Gasteiger partial charge in [-0.05, 0) is 17.9 Å². The molecule has 0 aliphatic rings. The fourth-order valence-corrected chi connectivity index (χ4v) is 2.50. The SMILES string of the molecule is CC(C)C[C@@H](NC(=O)OCc1ccccc1)C(=O)NN(CCC(N)=O)C(=O)CCl. The number of amides is 4. The van der Waals surface area contributed by atoms with Crippen LogP contribution in [0, 0.1) is 5.92 Å². The molecular weight excluding hydrogens is 400 g/mol. The minimum atomic E-state index is -0.947. The molecule has 0 saturated heterocycles. The maximum absolute atomic E-state index is 12.6. The van der Waals surface area contributed by atoms with E-state index in [1.54, 1.807) is 12.1 Å². The van der Waals surface area contributed by atoms with E-state index in [4.69, 9.17) is 22.1 Å². The lowest BCUT2D eigenvalue weighted by molar-refractivity contribution is -0.141. The van der Waals surface area contributed by atoms with Crippen molar-refractivity contribution in [3.05, 3.63) is 35.9 Å². The molecule has 0 unspecified atom stereocenters. The molecule has 0 saturated carbocycles. The number of nitrogens with two attached hydrogens (primary N) is 1. The smallest absolute Gasteiger partial charge is 0.408 e. The van der Waals surface area contributed by atoms with Gasteiger partial charge in [0.15, 0.2) is 0 Å². The summed E-state index contributed by atoms with van der Waals surface area (Å²) in [5.74, 6) is -2.18. The number of hydrogen-bond donors (Lipinski definition) is 3. The predicted octanol–water partition coefficient (Wildman–Crippen LogP) is 1.30. The largest absolute Gasteiger partial charge is 0.445 e. The summed E-state index contributed by atoms with van der Waals surface area (Å²) in [7, 11) is 0. The van der Waals surface area contributed by atoms with Gasteiger partial charge in [-0.25, -0.2) is 4.79 Å². The van der Waals surface area contributed by atoms with E-state index in [-0.39, 0.29) is 31.4 Å². The molecule has 0 radical (unpaired) electrons. The van der Waals surface area contributed by atoms with Crippen LogP contribution in [0.3, 0.4) is 0 Å². The average Bonchev–Trinajstić information content (AvgIpc) is 2.68. The van der Waals surface area contributed by atoms with Gasteiger partial charge >= 0.3 is 6.09 Å². The molecule has 4 amide bonds. The molecule has 4 N–H and O–H groups in total. The Labute approximate surface area is 174 Å². The van der Waals surface area contributed by atoms with Crippen molar-refractivity contribution in [3.63, 3.8) is 0 Å². The van der Waals surface area contributed by atoms with Gasteiger partial charge in [0, 0.05) is 6.42 Å². The third kappa shape index (κ3) is 9.79. The molecule has 0 aliphatic carbocycles. The number of nitrogens with zero attached hydrogens (tertiary/aromatic N) is 1. The zero-order valence-corrected chi connectivity index (χ0v) is 17.3. The maximum atomic E-state index is 12.6. The van der Waals surface area contributed by atoms with Gasteiger partial charge in [-0.15, -0.1) is 11.6 Å². The number of alkyl halides is 1. The van der Waals surface area contributed by atoms with Crippen molar-refractivity contribution in [2.45, 2.75) is 39.3 Å². The summed E-state index contributed by atoms with van der Waals surface area (Å²) in [4.78, 5) is 47.6. The lowest BCUT2D eigenvalue weighted by Gasteiger charge is -2.26. The highest BCUT2D eigenvalue weighted by molar-refractivity contribution is 6.27. The van der Waals surface area contributed by atoms with E-state index in [9.17, 15) is 19.2 Å². The summed E-state index contributed by atoms with van der Waals surface area (Å²) in [5, 5.41) is 3.43. The molecule has 1 atom stereocenters. The van der Waals surface area contributed by atoms with E-state index in [0.29, 0.717) is 6.42 Å². The Hall–Kier alpha value is -2.81. The van der Waals surface area contributed by atoms with Crippen LogP contribution in [-0.4, -0.2) is 47.3 Å². The number of carbonyl (C=O) groups excluding carboxylic acids is 4. The first kappa shape index (κ1) is 24.2. The van der Waals surface area contributed by atoms with E-state index >= 15 is 0 Å². The van der Waals surface area contributed by atoms with Crippen molar-refractivity contribution >= 4 is 35.4 Å². The Balaban J connectivity index is 2.72. The van der Waals surface area contributed by atoms with E-state index in [2.05, 4.69) is 10.7 Å². The number of hydrazine groups is 1. The van der Waals surface area contributed by atoms with Crippen LogP contribution in [0.15, 0.2) is 30.3 Å². The normalized spacial score (nSPS) is 11.4. The maximum Gasteiger partial charge on any atom is 0.408 e. The number of alkyl carbamates (subject to hydrolysis) is 1. The monoisotopic (exact) mass is 426 g/mol. The van der Waals surface area contributed by atoms with Crippen molar-refractivity contribution in [1.82, 2.24) is 15.8 Å². The van der Waals surface area contributed by atoms with Gasteiger partial charge in [-0.1, -0.05) is 44.2 Å². The number of rotatable bonds is 10. The van der Waals surface area contributed by atoms with Gasteiger partial charge < -0.3 is 15.8 Å². The minimum absolute atomic E-state index is 0.0537. The first-order valence-corrected chi connectivity index (χ1v) is 9.68. The van der Waals surface area contributed by atoms with Crippen molar-refractivity contribution in [3.8, 4) is 0 Å². The van der Waals surface area contributed by atoms with Crippen molar-refractivity contribution in [2.75, 3.05) is 12.4 Å². The van der Waals surface area contributed by atoms with E-state index in [1.165, 1.54) is 0 Å². The van der Waals surface area contributed by atoms with Crippen LogP contribution in [0.1, 0.15) is 32.3 Å². The van der Waals surface area contributed by atoms with Crippen molar-refractivity contribution < 1.29 is 23.9 Å². The molecule has 0 heterocycles. The molecule has 0 bridgehead atoms. The van der Waals surface area contributed by atoms with Crippen molar-refractivity contribution in [1.29, 1.82) is 0 Å². The van der Waals surface area contributed by atoms with Crippen LogP contribution < -0.4 is 16.5 Å². The molecule has 160 valence electrons. The topological polar surface area (TPSA) is 131 Å². The highest BCUT2D eigenvalue weighted by atomic mass is 35.5. The second kappa shape index (κ2) is 12.6. The third-order valence-corrected chi connectivity index (χ3v) is 4.00. The van der Waals surface area contributed by atoms with Crippen LogP contribution in [0.25, 0.3) is 0 Å². The van der Waals surface area contributed by atoms with E-state index < -0.39 is 29.9 Å². The molecular formula is C19H27ClN4O5. The highest BCUT2D eigenvalue weighted by Gasteiger charge is 2.26. The lowest BCUT2D eigenvalue weighted by Crippen LogP contribution is -2.55. The molecule has 1 rings (SSSR count). The molecule has 0 fully saturated rings. The summed E-state index contributed by atoms with van der Waals surface area (Å²) in [6, 6.07) is 8.15. The molecule has 0 aromatic heterocycles. The summed E-state index contributed by atoms with van der Waals surface area (Å²) in [5.41, 5.74) is 8.28. The summed E-state index contributed by atoms with van der Waals surface area (Å²) in [6.45, 7) is 3.69. The van der Waals surface area contributed by atoms with Crippen molar-refractivity contribution in [2.24, 2.45) is 11.7 Å². The highest BCUT2D eigenvalue weighted by Crippen LogP contribution is 2.07. The summed E-state index contributed by atoms with van der Waals surface area (Å²) >= 11 is 5.54. The standard InChI is InChI=1S/C19H27ClN4O5/c1-13(2)10-15(22-19(28)29-12-14-6-4-3-5-7-14)18(27)23-24(17(26)11-20)9-8-16(21)25/h3-7,13,15H,8-12H2,1-2H3,(H2,21,25)(H,22,28)(H,23,27)/t15-/m1/s1. The molecule has 1 aromatic rings. The Morgan fingerprint density at radius 1 is 1.17 bits per heavy atom. The Morgan fingerprint density at radius 2 is 1.83 bits per heavy atom. The van der Waals surface area contributed by atoms with Gasteiger partial charge in [-0.2, -0.15) is 0 Å². The second-order valence-electron chi connectivity index (χ2n) is 6.76. The van der Waals surface area contributed by atoms with E-state index in [1.807, 2.05) is 32.0 Å². The van der Waals surface area contributed by atoms with Gasteiger partial charge in [0.25, 0.3) is 11.8 Å². The number of nitrogens with one attached hydrogen (secondary N) is 2. The number of primary amides is 1.